The molecule has 2 atom stereocenters. The number of nitrogens with two attached hydrogens (primary N) is 1. The molecule has 3 aromatic rings. The van der Waals surface area contributed by atoms with E-state index >= 15 is 0 Å². The van der Waals surface area contributed by atoms with E-state index in [4.69, 9.17) is 5.73 Å². The Balaban J connectivity index is 1.47. The Labute approximate surface area is 162 Å². The van der Waals surface area contributed by atoms with Crippen molar-refractivity contribution in [3.63, 3.8) is 0 Å². The van der Waals surface area contributed by atoms with Gasteiger partial charge in [0, 0.05) is 34.8 Å². The van der Waals surface area contributed by atoms with Crippen LogP contribution in [0.3, 0.4) is 0 Å². The maximum Gasteiger partial charge on any atom is 0.234 e. The zero-order chi connectivity index (χ0) is 18.8. The lowest BCUT2D eigenvalue weighted by molar-refractivity contribution is -0.121. The lowest BCUT2D eigenvalue weighted by Crippen LogP contribution is -2.38. The van der Waals surface area contributed by atoms with Crippen molar-refractivity contribution in [2.24, 2.45) is 5.73 Å². The van der Waals surface area contributed by atoms with Crippen molar-refractivity contribution in [1.82, 2.24) is 15.3 Å². The van der Waals surface area contributed by atoms with Gasteiger partial charge in [-0.3, -0.25) is 4.79 Å². The van der Waals surface area contributed by atoms with Crippen LogP contribution in [0.1, 0.15) is 29.2 Å². The van der Waals surface area contributed by atoms with Crippen LogP contribution in [0.15, 0.2) is 54.9 Å². The minimum atomic E-state index is -0.166. The molecule has 0 spiro atoms. The molecule has 0 radical (unpaired) electrons. The number of thioether (sulfide) groups is 1. The van der Waals surface area contributed by atoms with Crippen LogP contribution in [0.2, 0.25) is 0 Å². The largest absolute Gasteiger partial charge is 0.347 e. The van der Waals surface area contributed by atoms with Gasteiger partial charge in [-0.05, 0) is 36.6 Å². The maximum atomic E-state index is 12.9. The van der Waals surface area contributed by atoms with Gasteiger partial charge in [0.15, 0.2) is 0 Å². The van der Waals surface area contributed by atoms with E-state index in [-0.39, 0.29) is 17.2 Å². The number of aromatic amines is 1. The molecule has 2 unspecified atom stereocenters. The molecule has 4 rings (SSSR count). The Kier molecular flexibility index (Phi) is 5.01. The number of amides is 1. The molecule has 0 saturated heterocycles. The molecule has 1 aliphatic rings. The smallest absolute Gasteiger partial charge is 0.234 e. The van der Waals surface area contributed by atoms with Gasteiger partial charge in [-0.25, -0.2) is 4.98 Å². The molecule has 0 bridgehead atoms. The number of nitrogens with one attached hydrogen (secondary N) is 2. The van der Waals surface area contributed by atoms with Crippen LogP contribution in [0.5, 0.6) is 0 Å². The molecule has 1 aliphatic heterocycles. The fraction of sp³-hybridized carbons (Fsp3) is 0.238. The van der Waals surface area contributed by atoms with Crippen LogP contribution in [0.4, 0.5) is 0 Å². The Morgan fingerprint density at radius 1 is 1.37 bits per heavy atom. The van der Waals surface area contributed by atoms with Gasteiger partial charge in [0.2, 0.25) is 5.91 Å². The summed E-state index contributed by atoms with van der Waals surface area (Å²) >= 11 is 1.61. The second-order valence-corrected chi connectivity index (χ2v) is 7.91. The second kappa shape index (κ2) is 7.58. The highest BCUT2D eigenvalue weighted by Gasteiger charge is 2.28. The van der Waals surface area contributed by atoms with Gasteiger partial charge in [-0.1, -0.05) is 30.3 Å². The first-order valence-electron chi connectivity index (χ1n) is 9.02. The number of H-pyrrole nitrogens is 1. The summed E-state index contributed by atoms with van der Waals surface area (Å²) in [5, 5.41) is 4.08. The highest BCUT2D eigenvalue weighted by Crippen LogP contribution is 2.41. The zero-order valence-electron chi connectivity index (χ0n) is 15.1. The normalized spacial score (nSPS) is 17.7. The molecule has 3 heterocycles. The van der Waals surface area contributed by atoms with Crippen molar-refractivity contribution in [2.75, 3.05) is 6.54 Å². The molecule has 5 nitrogen and oxygen atoms in total. The van der Waals surface area contributed by atoms with E-state index in [9.17, 15) is 4.79 Å². The molecule has 6 heteroatoms. The van der Waals surface area contributed by atoms with Crippen LogP contribution in [-0.2, 0) is 4.79 Å². The van der Waals surface area contributed by atoms with E-state index in [2.05, 4.69) is 21.4 Å². The fourth-order valence-corrected chi connectivity index (χ4v) is 4.65. The summed E-state index contributed by atoms with van der Waals surface area (Å²) in [4.78, 5) is 21.4. The van der Waals surface area contributed by atoms with Crippen LogP contribution in [-0.4, -0.2) is 27.7 Å². The first kappa shape index (κ1) is 17.8. The highest BCUT2D eigenvalue weighted by atomic mass is 32.2. The standard InChI is InChI=1S/C21H22N4OS/c1-13-4-2-3-5-14(13)17(12-22)25-21(26)19-7-6-18(27-19)15-8-10-23-20-16(15)9-11-24-20/h2-6,8-11,17,19H,7,12,22H2,1H3,(H,23,24)(H,25,26). The number of hydrogen-bond donors (Lipinski definition) is 3. The van der Waals surface area contributed by atoms with Crippen molar-refractivity contribution in [3.8, 4) is 0 Å². The predicted octanol–water partition coefficient (Wildman–Crippen LogP) is 3.53. The van der Waals surface area contributed by atoms with E-state index in [1.165, 1.54) is 0 Å². The second-order valence-electron chi connectivity index (χ2n) is 6.66. The van der Waals surface area contributed by atoms with E-state index in [1.807, 2.05) is 49.5 Å². The van der Waals surface area contributed by atoms with E-state index in [0.29, 0.717) is 13.0 Å². The summed E-state index contributed by atoms with van der Waals surface area (Å²) in [5.41, 5.74) is 10.1. The number of allylic oxidation sites excluding steroid dienone is 1. The number of fused-ring (bicyclic) bond motifs is 1. The molecule has 4 N–H and O–H groups in total. The van der Waals surface area contributed by atoms with Gasteiger partial charge in [0.1, 0.15) is 5.65 Å². The van der Waals surface area contributed by atoms with Gasteiger partial charge in [0.05, 0.1) is 11.3 Å². The molecule has 1 amide bonds. The molecule has 138 valence electrons. The summed E-state index contributed by atoms with van der Waals surface area (Å²) in [6, 6.07) is 11.9. The van der Waals surface area contributed by atoms with Gasteiger partial charge in [-0.15, -0.1) is 11.8 Å². The minimum Gasteiger partial charge on any atom is -0.347 e. The van der Waals surface area contributed by atoms with Crippen molar-refractivity contribution >= 4 is 33.6 Å². The summed E-state index contributed by atoms with van der Waals surface area (Å²) < 4.78 is 0. The van der Waals surface area contributed by atoms with Gasteiger partial charge >= 0.3 is 0 Å². The Morgan fingerprint density at radius 2 is 2.22 bits per heavy atom. The number of benzene rings is 1. The monoisotopic (exact) mass is 378 g/mol. The number of hydrogen-bond acceptors (Lipinski definition) is 4. The van der Waals surface area contributed by atoms with E-state index < -0.39 is 0 Å². The quantitative estimate of drug-likeness (QED) is 0.634. The molecular weight excluding hydrogens is 356 g/mol. The first-order valence-corrected chi connectivity index (χ1v) is 9.90. The summed E-state index contributed by atoms with van der Waals surface area (Å²) in [5.74, 6) is 0.0318. The van der Waals surface area contributed by atoms with Crippen molar-refractivity contribution < 1.29 is 4.79 Å². The highest BCUT2D eigenvalue weighted by molar-refractivity contribution is 8.09. The number of pyridine rings is 1. The third-order valence-electron chi connectivity index (χ3n) is 4.92. The third kappa shape index (κ3) is 3.50. The van der Waals surface area contributed by atoms with Crippen molar-refractivity contribution in [2.45, 2.75) is 24.6 Å². The summed E-state index contributed by atoms with van der Waals surface area (Å²) in [6.45, 7) is 2.42. The molecule has 2 aromatic heterocycles. The number of aryl methyl sites for hydroxylation is 1. The maximum absolute atomic E-state index is 12.9. The number of carbonyl (C=O) groups is 1. The molecular formula is C21H22N4OS. The Hall–Kier alpha value is -2.57. The number of carbonyl (C=O) groups excluding carboxylic acids is 1. The van der Waals surface area contributed by atoms with Crippen LogP contribution < -0.4 is 11.1 Å². The molecule has 27 heavy (non-hydrogen) atoms. The SMILES string of the molecule is Cc1ccccc1C(CN)NC(=O)C1CC=C(c2ccnc3[nH]ccc23)S1. The Bertz CT molecular complexity index is 1010. The molecule has 0 saturated carbocycles. The number of nitrogens with zero attached hydrogens (tertiary/aromatic N) is 1. The molecule has 0 aliphatic carbocycles. The number of aromatic nitrogens is 2. The summed E-state index contributed by atoms with van der Waals surface area (Å²) in [7, 11) is 0. The number of rotatable bonds is 5. The molecule has 1 aromatic carbocycles. The average Bonchev–Trinajstić information content (AvgIpc) is 3.35. The predicted molar refractivity (Wildman–Crippen MR) is 111 cm³/mol. The minimum absolute atomic E-state index is 0.0318. The lowest BCUT2D eigenvalue weighted by Gasteiger charge is -2.21. The zero-order valence-corrected chi connectivity index (χ0v) is 15.9. The van der Waals surface area contributed by atoms with Crippen LogP contribution in [0.25, 0.3) is 15.9 Å². The average molecular weight is 379 g/mol. The molecule has 0 fully saturated rings. The van der Waals surface area contributed by atoms with E-state index in [0.717, 1.165) is 32.6 Å². The third-order valence-corrected chi connectivity index (χ3v) is 6.25. The fourth-order valence-electron chi connectivity index (χ4n) is 3.48. The van der Waals surface area contributed by atoms with Gasteiger partial charge in [0.25, 0.3) is 0 Å². The first-order chi connectivity index (χ1) is 13.2. The van der Waals surface area contributed by atoms with Crippen molar-refractivity contribution in [1.29, 1.82) is 0 Å². The lowest BCUT2D eigenvalue weighted by atomic mass is 10.0. The summed E-state index contributed by atoms with van der Waals surface area (Å²) in [6.07, 6.45) is 6.54. The van der Waals surface area contributed by atoms with Crippen molar-refractivity contribution in [3.05, 3.63) is 71.6 Å². The van der Waals surface area contributed by atoms with Crippen LogP contribution in [0, 0.1) is 6.92 Å². The van der Waals surface area contributed by atoms with Crippen LogP contribution >= 0.6 is 11.8 Å². The van der Waals surface area contributed by atoms with Gasteiger partial charge in [-0.2, -0.15) is 0 Å². The van der Waals surface area contributed by atoms with Gasteiger partial charge < -0.3 is 16.0 Å². The topological polar surface area (TPSA) is 83.8 Å². The Morgan fingerprint density at radius 3 is 3.04 bits per heavy atom. The van der Waals surface area contributed by atoms with E-state index in [1.54, 1.807) is 18.0 Å².